The third-order valence-corrected chi connectivity index (χ3v) is 5.13. The van der Waals surface area contributed by atoms with E-state index in [9.17, 15) is 9.59 Å². The Kier molecular flexibility index (Phi) is 7.42. The first-order valence-corrected chi connectivity index (χ1v) is 9.67. The van der Waals surface area contributed by atoms with Gasteiger partial charge in [-0.25, -0.2) is 0 Å². The molecule has 0 aliphatic rings. The van der Waals surface area contributed by atoms with Crippen LogP contribution in [0.25, 0.3) is 0 Å². The van der Waals surface area contributed by atoms with Crippen LogP contribution in [0.1, 0.15) is 38.7 Å². The van der Waals surface area contributed by atoms with Gasteiger partial charge in [-0.05, 0) is 70.2 Å². The van der Waals surface area contributed by atoms with Crippen LogP contribution < -0.4 is 15.0 Å². The molecule has 2 rings (SSSR count). The van der Waals surface area contributed by atoms with Crippen LogP contribution in [-0.2, 0) is 9.59 Å². The quantitative estimate of drug-likeness (QED) is 0.671. The van der Waals surface area contributed by atoms with E-state index in [-0.39, 0.29) is 18.4 Å². The number of hydrogen-bond donors (Lipinski definition) is 1. The van der Waals surface area contributed by atoms with Crippen LogP contribution in [0.5, 0.6) is 5.75 Å². The van der Waals surface area contributed by atoms with Crippen molar-refractivity contribution < 1.29 is 14.3 Å². The summed E-state index contributed by atoms with van der Waals surface area (Å²) >= 11 is 3.51. The molecule has 5 nitrogen and oxygen atoms in total. The summed E-state index contributed by atoms with van der Waals surface area (Å²) < 4.78 is 6.46. The van der Waals surface area contributed by atoms with Crippen molar-refractivity contribution in [2.45, 2.75) is 33.1 Å². The molecule has 0 aliphatic carbocycles. The summed E-state index contributed by atoms with van der Waals surface area (Å²) in [4.78, 5) is 25.0. The normalized spacial score (nSPS) is 11.6. The highest BCUT2D eigenvalue weighted by molar-refractivity contribution is 9.10. The zero-order chi connectivity index (χ0) is 20.0. The van der Waals surface area contributed by atoms with E-state index in [0.29, 0.717) is 17.4 Å². The molecule has 144 valence electrons. The van der Waals surface area contributed by atoms with Gasteiger partial charge < -0.3 is 15.0 Å². The Morgan fingerprint density at radius 3 is 2.41 bits per heavy atom. The van der Waals surface area contributed by atoms with E-state index in [1.54, 1.807) is 31.3 Å². The molecule has 0 saturated heterocycles. The third kappa shape index (κ3) is 5.82. The van der Waals surface area contributed by atoms with Crippen molar-refractivity contribution in [1.29, 1.82) is 0 Å². The topological polar surface area (TPSA) is 58.6 Å². The second-order valence-electron chi connectivity index (χ2n) is 6.46. The maximum atomic E-state index is 12.1. The molecule has 0 spiro atoms. The van der Waals surface area contributed by atoms with Crippen molar-refractivity contribution in [2.75, 3.05) is 23.9 Å². The van der Waals surface area contributed by atoms with E-state index in [1.807, 2.05) is 18.2 Å². The standard InChI is InChI=1S/C21H25BrN2O3/c1-5-14(2)16-6-11-20(19(22)12-16)27-13-21(26)23-17-7-9-18(10-8-17)24(4)15(3)25/h6-12,14H,5,13H2,1-4H3,(H,23,26). The largest absolute Gasteiger partial charge is 0.483 e. The second kappa shape index (κ2) is 9.55. The van der Waals surface area contributed by atoms with Crippen LogP contribution in [0.4, 0.5) is 11.4 Å². The van der Waals surface area contributed by atoms with Gasteiger partial charge in [0.2, 0.25) is 5.91 Å². The van der Waals surface area contributed by atoms with Crippen LogP contribution in [-0.4, -0.2) is 25.5 Å². The molecule has 2 amide bonds. The van der Waals surface area contributed by atoms with Crippen LogP contribution in [0.2, 0.25) is 0 Å². The summed E-state index contributed by atoms with van der Waals surface area (Å²) in [5, 5.41) is 2.78. The molecule has 0 aromatic heterocycles. The number of rotatable bonds is 7. The number of benzene rings is 2. The molecule has 0 heterocycles. The molecule has 6 heteroatoms. The maximum absolute atomic E-state index is 12.1. The summed E-state index contributed by atoms with van der Waals surface area (Å²) in [6.45, 7) is 5.74. The van der Waals surface area contributed by atoms with Gasteiger partial charge in [0, 0.05) is 25.3 Å². The predicted octanol–water partition coefficient (Wildman–Crippen LogP) is 4.96. The van der Waals surface area contributed by atoms with Gasteiger partial charge in [0.1, 0.15) is 5.75 Å². The minimum atomic E-state index is -0.249. The number of hydrogen-bond acceptors (Lipinski definition) is 3. The lowest BCUT2D eigenvalue weighted by atomic mass is 9.99. The molecule has 1 unspecified atom stereocenters. The monoisotopic (exact) mass is 432 g/mol. The zero-order valence-electron chi connectivity index (χ0n) is 16.1. The zero-order valence-corrected chi connectivity index (χ0v) is 17.7. The molecule has 0 radical (unpaired) electrons. The van der Waals surface area contributed by atoms with E-state index in [2.05, 4.69) is 35.1 Å². The summed E-state index contributed by atoms with van der Waals surface area (Å²) in [5.74, 6) is 0.810. The number of amides is 2. The Morgan fingerprint density at radius 2 is 1.85 bits per heavy atom. The lowest BCUT2D eigenvalue weighted by Gasteiger charge is -2.15. The van der Waals surface area contributed by atoms with Gasteiger partial charge in [-0.1, -0.05) is 19.9 Å². The Hall–Kier alpha value is -2.34. The van der Waals surface area contributed by atoms with E-state index in [1.165, 1.54) is 17.4 Å². The molecule has 0 bridgehead atoms. The van der Waals surface area contributed by atoms with Gasteiger partial charge in [0.05, 0.1) is 4.47 Å². The summed E-state index contributed by atoms with van der Waals surface area (Å²) in [5.41, 5.74) is 2.65. The van der Waals surface area contributed by atoms with E-state index >= 15 is 0 Å². The van der Waals surface area contributed by atoms with Gasteiger partial charge in [-0.2, -0.15) is 0 Å². The second-order valence-corrected chi connectivity index (χ2v) is 7.32. The molecule has 0 aliphatic heterocycles. The van der Waals surface area contributed by atoms with E-state index in [4.69, 9.17) is 4.74 Å². The number of ether oxygens (including phenoxy) is 1. The number of carbonyl (C=O) groups is 2. The Labute approximate surface area is 168 Å². The van der Waals surface area contributed by atoms with Crippen molar-refractivity contribution in [1.82, 2.24) is 0 Å². The molecule has 0 saturated carbocycles. The Bertz CT molecular complexity index is 806. The number of nitrogens with one attached hydrogen (secondary N) is 1. The third-order valence-electron chi connectivity index (χ3n) is 4.51. The first kappa shape index (κ1) is 21.0. The highest BCUT2D eigenvalue weighted by Gasteiger charge is 2.10. The minimum absolute atomic E-state index is 0.0508. The average molecular weight is 433 g/mol. The minimum Gasteiger partial charge on any atom is -0.483 e. The van der Waals surface area contributed by atoms with Crippen molar-refractivity contribution in [3.63, 3.8) is 0 Å². The Morgan fingerprint density at radius 1 is 1.19 bits per heavy atom. The van der Waals surface area contributed by atoms with Crippen molar-refractivity contribution in [3.8, 4) is 5.75 Å². The molecule has 1 atom stereocenters. The smallest absolute Gasteiger partial charge is 0.262 e. The van der Waals surface area contributed by atoms with Crippen LogP contribution in [0.3, 0.4) is 0 Å². The Balaban J connectivity index is 1.92. The molecule has 27 heavy (non-hydrogen) atoms. The fourth-order valence-corrected chi connectivity index (χ4v) is 2.98. The molecular weight excluding hydrogens is 408 g/mol. The first-order valence-electron chi connectivity index (χ1n) is 8.88. The summed E-state index contributed by atoms with van der Waals surface area (Å²) in [6.07, 6.45) is 1.07. The van der Waals surface area contributed by atoms with Gasteiger partial charge in [0.15, 0.2) is 6.61 Å². The van der Waals surface area contributed by atoms with Crippen LogP contribution in [0.15, 0.2) is 46.9 Å². The van der Waals surface area contributed by atoms with Crippen LogP contribution >= 0.6 is 15.9 Å². The van der Waals surface area contributed by atoms with E-state index in [0.717, 1.165) is 16.6 Å². The van der Waals surface area contributed by atoms with Gasteiger partial charge in [0.25, 0.3) is 5.91 Å². The molecule has 2 aromatic rings. The SMILES string of the molecule is CCC(C)c1ccc(OCC(=O)Nc2ccc(N(C)C(C)=O)cc2)c(Br)c1. The number of anilines is 2. The number of halogens is 1. The van der Waals surface area contributed by atoms with Crippen LogP contribution in [0, 0.1) is 0 Å². The van der Waals surface area contributed by atoms with Gasteiger partial charge >= 0.3 is 0 Å². The van der Waals surface area contributed by atoms with Gasteiger partial charge in [-0.3, -0.25) is 9.59 Å². The fraction of sp³-hybridized carbons (Fsp3) is 0.333. The predicted molar refractivity (Wildman–Crippen MR) is 112 cm³/mol. The molecule has 2 aromatic carbocycles. The molecular formula is C21H25BrN2O3. The lowest BCUT2D eigenvalue weighted by Crippen LogP contribution is -2.23. The van der Waals surface area contributed by atoms with Crippen molar-refractivity contribution in [3.05, 3.63) is 52.5 Å². The van der Waals surface area contributed by atoms with E-state index < -0.39 is 0 Å². The average Bonchev–Trinajstić information content (AvgIpc) is 2.66. The highest BCUT2D eigenvalue weighted by atomic mass is 79.9. The van der Waals surface area contributed by atoms with Crippen molar-refractivity contribution >= 4 is 39.1 Å². The first-order chi connectivity index (χ1) is 12.8. The fourth-order valence-electron chi connectivity index (χ4n) is 2.47. The maximum Gasteiger partial charge on any atom is 0.262 e. The van der Waals surface area contributed by atoms with Crippen molar-refractivity contribution in [2.24, 2.45) is 0 Å². The lowest BCUT2D eigenvalue weighted by molar-refractivity contribution is -0.118. The number of nitrogens with zero attached hydrogens (tertiary/aromatic N) is 1. The molecule has 0 fully saturated rings. The highest BCUT2D eigenvalue weighted by Crippen LogP contribution is 2.30. The summed E-state index contributed by atoms with van der Waals surface area (Å²) in [6, 6.07) is 13.0. The van der Waals surface area contributed by atoms with Gasteiger partial charge in [-0.15, -0.1) is 0 Å². The summed E-state index contributed by atoms with van der Waals surface area (Å²) in [7, 11) is 1.70. The molecule has 1 N–H and O–H groups in total. The number of carbonyl (C=O) groups excluding carboxylic acids is 2.